The molecule has 0 aliphatic heterocycles. The van der Waals surface area contributed by atoms with Gasteiger partial charge >= 0.3 is 0 Å². The predicted molar refractivity (Wildman–Crippen MR) is 186 cm³/mol. The zero-order valence-electron chi connectivity index (χ0n) is 28.7. The highest BCUT2D eigenvalue weighted by Gasteiger charge is 2.37. The van der Waals surface area contributed by atoms with Gasteiger partial charge in [0.1, 0.15) is 18.5 Å². The zero-order chi connectivity index (χ0) is 33.9. The van der Waals surface area contributed by atoms with Gasteiger partial charge < -0.3 is 13.9 Å². The number of nitrogens with one attached hydrogen (secondary N) is 1. The molecule has 9 nitrogen and oxygen atoms in total. The molecular weight excluding hydrogens is 622 g/mol. The van der Waals surface area contributed by atoms with E-state index < -0.39 is 36.3 Å². The molecule has 0 aliphatic carbocycles. The average molecular weight is 670 g/mol. The highest BCUT2D eigenvalue weighted by atomic mass is 32.2. The maximum atomic E-state index is 14.9. The van der Waals surface area contributed by atoms with Gasteiger partial charge in [-0.3, -0.25) is 4.98 Å². The lowest BCUT2D eigenvalue weighted by atomic mass is 10.1. The van der Waals surface area contributed by atoms with E-state index in [1.54, 1.807) is 24.1 Å². The van der Waals surface area contributed by atoms with E-state index in [9.17, 15) is 8.60 Å². The van der Waals surface area contributed by atoms with Crippen LogP contribution in [0.5, 0.6) is 5.75 Å². The van der Waals surface area contributed by atoms with Crippen LogP contribution in [-0.2, 0) is 26.8 Å². The van der Waals surface area contributed by atoms with Crippen LogP contribution < -0.4 is 9.46 Å². The Morgan fingerprint density at radius 2 is 1.74 bits per heavy atom. The van der Waals surface area contributed by atoms with E-state index in [-0.39, 0.29) is 5.04 Å². The molecule has 3 atom stereocenters. The Bertz CT molecular complexity index is 1670. The van der Waals surface area contributed by atoms with Crippen molar-refractivity contribution in [2.75, 3.05) is 20.3 Å². The van der Waals surface area contributed by atoms with Crippen molar-refractivity contribution in [1.82, 2.24) is 24.5 Å². The Balaban J connectivity index is 1.76. The van der Waals surface area contributed by atoms with Gasteiger partial charge in [0.25, 0.3) is 0 Å². The van der Waals surface area contributed by atoms with Crippen LogP contribution in [0.25, 0.3) is 28.0 Å². The van der Waals surface area contributed by atoms with Crippen LogP contribution in [0.3, 0.4) is 0 Å². The molecule has 250 valence electrons. The molecule has 0 saturated carbocycles. The smallest absolute Gasteiger partial charge is 0.192 e. The summed E-state index contributed by atoms with van der Waals surface area (Å²) in [6, 6.07) is 14.3. The average Bonchev–Trinajstić information content (AvgIpc) is 3.42. The first-order chi connectivity index (χ1) is 21.5. The largest absolute Gasteiger partial charge is 0.490 e. The van der Waals surface area contributed by atoms with Gasteiger partial charge in [-0.15, -0.1) is 0 Å². The number of halogens is 1. The third-order valence-electron chi connectivity index (χ3n) is 8.23. The quantitative estimate of drug-likeness (QED) is 0.116. The number of aromatic nitrogens is 4. The van der Waals surface area contributed by atoms with Crippen molar-refractivity contribution in [3.05, 3.63) is 66.1 Å². The second-order valence-electron chi connectivity index (χ2n) is 13.9. The van der Waals surface area contributed by atoms with Crippen molar-refractivity contribution < 1.29 is 22.5 Å². The minimum absolute atomic E-state index is 0.0890. The number of methoxy groups -OCH3 is 1. The Kier molecular flexibility index (Phi) is 11.2. The number of hydrogen-bond donors (Lipinski definition) is 1. The van der Waals surface area contributed by atoms with Crippen LogP contribution in [-0.4, -0.2) is 63.5 Å². The van der Waals surface area contributed by atoms with Gasteiger partial charge in [-0.05, 0) is 82.2 Å². The van der Waals surface area contributed by atoms with E-state index in [1.807, 2.05) is 63.2 Å². The molecule has 3 aromatic heterocycles. The van der Waals surface area contributed by atoms with Crippen molar-refractivity contribution in [3.8, 4) is 22.8 Å². The topological polar surface area (TPSA) is 100 Å². The number of hydrogen-bond acceptors (Lipinski definition) is 7. The van der Waals surface area contributed by atoms with Gasteiger partial charge in [0.2, 0.25) is 0 Å². The summed E-state index contributed by atoms with van der Waals surface area (Å²) < 4.78 is 49.8. The predicted octanol–water partition coefficient (Wildman–Crippen LogP) is 7.48. The number of benzene rings is 1. The highest BCUT2D eigenvalue weighted by Crippen LogP contribution is 2.37. The van der Waals surface area contributed by atoms with Crippen LogP contribution in [0.4, 0.5) is 4.39 Å². The fourth-order valence-corrected chi connectivity index (χ4v) is 6.22. The summed E-state index contributed by atoms with van der Waals surface area (Å²) in [7, 11) is -1.83. The summed E-state index contributed by atoms with van der Waals surface area (Å²) in [5.74, 6) is 1.26. The third-order valence-corrected chi connectivity index (χ3v) is 14.3. The number of ether oxygens (including phenoxy) is 2. The lowest BCUT2D eigenvalue weighted by Gasteiger charge is -2.36. The van der Waals surface area contributed by atoms with Gasteiger partial charge in [0, 0.05) is 12.7 Å². The Labute approximate surface area is 276 Å². The molecule has 0 spiro atoms. The maximum Gasteiger partial charge on any atom is 0.192 e. The fourth-order valence-electron chi connectivity index (χ4n) is 4.38. The molecule has 12 heteroatoms. The number of nitrogens with zero attached hydrogens (tertiary/aromatic N) is 4. The molecule has 0 fully saturated rings. The van der Waals surface area contributed by atoms with Crippen LogP contribution >= 0.6 is 0 Å². The van der Waals surface area contributed by atoms with Gasteiger partial charge in [-0.2, -0.15) is 5.10 Å². The molecule has 3 heterocycles. The third kappa shape index (κ3) is 8.46. The first-order valence-corrected chi connectivity index (χ1v) is 19.6. The van der Waals surface area contributed by atoms with Gasteiger partial charge in [0.15, 0.2) is 14.1 Å². The SMILES string of the molecule is COCCOc1cc(-c2cccc([C@@H](NS(=O)C(C)(C)C)C(C)F)n2)cc2c1cnn2-c1cccc(CO[Si](C)(C)C(C)(C)C)n1. The standard InChI is InChI=1S/C34H48FN5O4SSi/c1-23(35)32(39-45(41)33(2,3)4)28-15-12-14-27(38-28)24-19-29-26(30(20-24)43-18-17-42-8)21-36-40(29)31-16-11-13-25(37-31)22-44-46(9,10)34(5,6)7/h11-16,19-21,23,32,39H,17-18,22H2,1-10H3/t23?,32-,45?/m0/s1. The molecule has 0 saturated heterocycles. The lowest BCUT2D eigenvalue weighted by Crippen LogP contribution is -2.40. The number of fused-ring (bicyclic) bond motifs is 1. The molecule has 4 rings (SSSR count). The second kappa shape index (κ2) is 14.4. The van der Waals surface area contributed by atoms with E-state index in [0.29, 0.717) is 42.8 Å². The Morgan fingerprint density at radius 1 is 1.02 bits per heavy atom. The van der Waals surface area contributed by atoms with E-state index >= 15 is 0 Å². The number of alkyl halides is 1. The molecule has 0 aliphatic rings. The summed E-state index contributed by atoms with van der Waals surface area (Å²) in [6.45, 7) is 19.2. The van der Waals surface area contributed by atoms with E-state index in [4.69, 9.17) is 29.0 Å². The van der Waals surface area contributed by atoms with Gasteiger partial charge in [-0.25, -0.2) is 23.0 Å². The highest BCUT2D eigenvalue weighted by molar-refractivity contribution is 7.84. The molecule has 46 heavy (non-hydrogen) atoms. The van der Waals surface area contributed by atoms with Crippen molar-refractivity contribution >= 4 is 30.2 Å². The summed E-state index contributed by atoms with van der Waals surface area (Å²) in [5, 5.41) is 5.59. The van der Waals surface area contributed by atoms with Crippen molar-refractivity contribution in [3.63, 3.8) is 0 Å². The van der Waals surface area contributed by atoms with Crippen LogP contribution in [0.1, 0.15) is 65.9 Å². The van der Waals surface area contributed by atoms with Crippen LogP contribution in [0, 0.1) is 0 Å². The lowest BCUT2D eigenvalue weighted by molar-refractivity contribution is 0.147. The zero-order valence-corrected chi connectivity index (χ0v) is 30.5. The van der Waals surface area contributed by atoms with Crippen LogP contribution in [0.2, 0.25) is 18.1 Å². The van der Waals surface area contributed by atoms with Gasteiger partial charge in [0.05, 0.1) is 69.2 Å². The van der Waals surface area contributed by atoms with E-state index in [2.05, 4.69) is 38.6 Å². The van der Waals surface area contributed by atoms with Gasteiger partial charge in [-0.1, -0.05) is 32.9 Å². The molecular formula is C34H48FN5O4SSi. The minimum Gasteiger partial charge on any atom is -0.490 e. The molecule has 0 amide bonds. The molecule has 0 radical (unpaired) electrons. The molecule has 1 N–H and O–H groups in total. The van der Waals surface area contributed by atoms with Crippen molar-refractivity contribution in [2.24, 2.45) is 0 Å². The van der Waals surface area contributed by atoms with E-state index in [1.165, 1.54) is 6.92 Å². The first-order valence-electron chi connectivity index (χ1n) is 15.5. The fraction of sp³-hybridized carbons (Fsp3) is 0.500. The summed E-state index contributed by atoms with van der Waals surface area (Å²) in [6.07, 6.45) is 0.433. The van der Waals surface area contributed by atoms with E-state index in [0.717, 1.165) is 22.2 Å². The molecule has 4 aromatic rings. The summed E-state index contributed by atoms with van der Waals surface area (Å²) >= 11 is 0. The normalized spacial score (nSPS) is 14.8. The molecule has 2 unspecified atom stereocenters. The second-order valence-corrected chi connectivity index (χ2v) is 20.7. The molecule has 0 bridgehead atoms. The summed E-state index contributed by atoms with van der Waals surface area (Å²) in [5.41, 5.74) is 3.41. The number of rotatable bonds is 13. The monoisotopic (exact) mass is 669 g/mol. The van der Waals surface area contributed by atoms with Crippen LogP contribution in [0.15, 0.2) is 54.7 Å². The molecule has 1 aromatic carbocycles. The maximum absolute atomic E-state index is 14.9. The Hall–Kier alpha value is -3.03. The first kappa shape index (κ1) is 35.8. The summed E-state index contributed by atoms with van der Waals surface area (Å²) in [4.78, 5) is 9.74. The Morgan fingerprint density at radius 3 is 2.39 bits per heavy atom. The number of pyridine rings is 2. The van der Waals surface area contributed by atoms with Crippen molar-refractivity contribution in [1.29, 1.82) is 0 Å². The van der Waals surface area contributed by atoms with Crippen molar-refractivity contribution in [2.45, 2.75) is 90.2 Å². The minimum atomic E-state index is -1.96.